The second-order valence-corrected chi connectivity index (χ2v) is 6.93. The van der Waals surface area contributed by atoms with Crippen molar-refractivity contribution in [2.45, 2.75) is 26.1 Å². The van der Waals surface area contributed by atoms with Gasteiger partial charge in [0.2, 0.25) is 0 Å². The first kappa shape index (κ1) is 26.4. The first-order valence-electron chi connectivity index (χ1n) is 9.44. The Hall–Kier alpha value is -1.63. The molecule has 0 saturated carbocycles. The van der Waals surface area contributed by atoms with Gasteiger partial charge in [-0.3, -0.25) is 14.7 Å². The van der Waals surface area contributed by atoms with Crippen LogP contribution in [0.4, 0.5) is 17.6 Å². The van der Waals surface area contributed by atoms with Crippen molar-refractivity contribution in [1.29, 1.82) is 0 Å². The Morgan fingerprint density at radius 2 is 1.77 bits per heavy atom. The van der Waals surface area contributed by atoms with E-state index in [0.717, 1.165) is 0 Å². The molecule has 1 unspecified atom stereocenters. The summed E-state index contributed by atoms with van der Waals surface area (Å²) in [6.45, 7) is 4.89. The quantitative estimate of drug-likeness (QED) is 0.197. The SMILES string of the molecule is CN=C(NCCNC(=O)c1ccc(C)c(F)c1)N1CCN(C(C)C(F)(F)F)CC1.I. The minimum Gasteiger partial charge on any atom is -0.354 e. The van der Waals surface area contributed by atoms with E-state index in [1.807, 2.05) is 4.90 Å². The van der Waals surface area contributed by atoms with Gasteiger partial charge < -0.3 is 15.5 Å². The number of nitrogens with zero attached hydrogens (tertiary/aromatic N) is 3. The predicted octanol–water partition coefficient (Wildman–Crippen LogP) is 2.63. The van der Waals surface area contributed by atoms with Gasteiger partial charge in [0.1, 0.15) is 11.9 Å². The number of hydrogen-bond acceptors (Lipinski definition) is 3. The topological polar surface area (TPSA) is 60.0 Å². The molecule has 0 aromatic heterocycles. The Morgan fingerprint density at radius 1 is 1.17 bits per heavy atom. The van der Waals surface area contributed by atoms with Crippen molar-refractivity contribution in [2.24, 2.45) is 4.99 Å². The first-order valence-corrected chi connectivity index (χ1v) is 9.44. The molecule has 1 heterocycles. The summed E-state index contributed by atoms with van der Waals surface area (Å²) in [6, 6.07) is 2.82. The van der Waals surface area contributed by atoms with Crippen LogP contribution in [0.15, 0.2) is 23.2 Å². The van der Waals surface area contributed by atoms with E-state index in [1.54, 1.807) is 26.1 Å². The third kappa shape index (κ3) is 7.25. The van der Waals surface area contributed by atoms with Gasteiger partial charge in [-0.05, 0) is 31.5 Å². The van der Waals surface area contributed by atoms with E-state index in [0.29, 0.717) is 37.7 Å². The van der Waals surface area contributed by atoms with Crippen molar-refractivity contribution in [3.63, 3.8) is 0 Å². The monoisotopic (exact) mass is 545 g/mol. The molecule has 2 N–H and O–H groups in total. The maximum atomic E-state index is 13.5. The maximum absolute atomic E-state index is 13.5. The predicted molar refractivity (Wildman–Crippen MR) is 119 cm³/mol. The van der Waals surface area contributed by atoms with Crippen molar-refractivity contribution >= 4 is 35.8 Å². The van der Waals surface area contributed by atoms with E-state index in [-0.39, 0.29) is 48.5 Å². The molecule has 1 atom stereocenters. The van der Waals surface area contributed by atoms with E-state index >= 15 is 0 Å². The Bertz CT molecular complexity index is 736. The smallest absolute Gasteiger partial charge is 0.354 e. The first-order chi connectivity index (χ1) is 13.6. The largest absolute Gasteiger partial charge is 0.403 e. The normalized spacial score (nSPS) is 16.6. The molecule has 1 aliphatic heterocycles. The number of aliphatic imine (C=N–C) groups is 1. The lowest BCUT2D eigenvalue weighted by Gasteiger charge is -2.39. The van der Waals surface area contributed by atoms with Gasteiger partial charge >= 0.3 is 6.18 Å². The van der Waals surface area contributed by atoms with E-state index < -0.39 is 18.0 Å². The molecule has 2 rings (SSSR count). The van der Waals surface area contributed by atoms with Crippen LogP contribution in [0.3, 0.4) is 0 Å². The lowest BCUT2D eigenvalue weighted by molar-refractivity contribution is -0.181. The van der Waals surface area contributed by atoms with Crippen LogP contribution in [-0.2, 0) is 0 Å². The number of rotatable bonds is 5. The number of piperazine rings is 1. The molecule has 1 aliphatic rings. The molecule has 1 amide bonds. The van der Waals surface area contributed by atoms with E-state index in [1.165, 1.54) is 17.9 Å². The summed E-state index contributed by atoms with van der Waals surface area (Å²) >= 11 is 0. The Kier molecular flexibility index (Phi) is 10.3. The molecule has 0 bridgehead atoms. The summed E-state index contributed by atoms with van der Waals surface area (Å²) in [5.41, 5.74) is 0.712. The number of hydrogen-bond donors (Lipinski definition) is 2. The van der Waals surface area contributed by atoms with Crippen molar-refractivity contribution in [2.75, 3.05) is 46.3 Å². The zero-order valence-electron chi connectivity index (χ0n) is 17.2. The molecule has 6 nitrogen and oxygen atoms in total. The molecular weight excluding hydrogens is 517 g/mol. The molecule has 0 radical (unpaired) electrons. The van der Waals surface area contributed by atoms with Crippen LogP contribution in [0.25, 0.3) is 0 Å². The number of benzene rings is 1. The molecular formula is C19H28F4IN5O. The van der Waals surface area contributed by atoms with Gasteiger partial charge in [0.25, 0.3) is 5.91 Å². The number of guanidine groups is 1. The molecule has 0 spiro atoms. The second-order valence-electron chi connectivity index (χ2n) is 6.93. The molecule has 1 saturated heterocycles. The third-order valence-corrected chi connectivity index (χ3v) is 4.97. The van der Waals surface area contributed by atoms with Crippen molar-refractivity contribution in [3.8, 4) is 0 Å². The van der Waals surface area contributed by atoms with Gasteiger partial charge in [0.15, 0.2) is 5.96 Å². The molecule has 1 aromatic carbocycles. The number of nitrogens with one attached hydrogen (secondary N) is 2. The highest BCUT2D eigenvalue weighted by molar-refractivity contribution is 14.0. The van der Waals surface area contributed by atoms with Gasteiger partial charge in [-0.25, -0.2) is 4.39 Å². The van der Waals surface area contributed by atoms with Crippen molar-refractivity contribution < 1.29 is 22.4 Å². The molecule has 11 heteroatoms. The third-order valence-electron chi connectivity index (χ3n) is 4.97. The van der Waals surface area contributed by atoms with E-state index in [9.17, 15) is 22.4 Å². The van der Waals surface area contributed by atoms with Crippen LogP contribution in [0, 0.1) is 12.7 Å². The van der Waals surface area contributed by atoms with Crippen molar-refractivity contribution in [3.05, 3.63) is 35.1 Å². The van der Waals surface area contributed by atoms with E-state index in [2.05, 4.69) is 15.6 Å². The molecule has 1 aromatic rings. The fourth-order valence-electron chi connectivity index (χ4n) is 3.05. The second kappa shape index (κ2) is 11.7. The lowest BCUT2D eigenvalue weighted by atomic mass is 10.1. The Balaban J connectivity index is 0.00000450. The standard InChI is InChI=1S/C19H27F4N5O.HI/c1-13-4-5-15(12-16(13)20)17(29)25-6-7-26-18(24-3)28-10-8-27(9-11-28)14(2)19(21,22)23;/h4-5,12,14H,6-11H2,1-3H3,(H,24,26)(H,25,29);1H. The van der Waals surface area contributed by atoms with Gasteiger partial charge in [-0.2, -0.15) is 13.2 Å². The fourth-order valence-corrected chi connectivity index (χ4v) is 3.05. The minimum atomic E-state index is -4.24. The van der Waals surface area contributed by atoms with Crippen LogP contribution in [0.2, 0.25) is 0 Å². The summed E-state index contributed by atoms with van der Waals surface area (Å²) < 4.78 is 52.1. The highest BCUT2D eigenvalue weighted by atomic mass is 127. The minimum absolute atomic E-state index is 0. The molecule has 0 aliphatic carbocycles. The van der Waals surface area contributed by atoms with Gasteiger partial charge in [-0.15, -0.1) is 24.0 Å². The number of aryl methyl sites for hydroxylation is 1. The zero-order chi connectivity index (χ0) is 21.6. The Morgan fingerprint density at radius 3 is 2.30 bits per heavy atom. The highest BCUT2D eigenvalue weighted by Gasteiger charge is 2.41. The van der Waals surface area contributed by atoms with Crippen LogP contribution in [-0.4, -0.2) is 80.2 Å². The summed E-state index contributed by atoms with van der Waals surface area (Å²) in [5.74, 6) is -0.245. The number of alkyl halides is 3. The van der Waals surface area contributed by atoms with Gasteiger partial charge in [0, 0.05) is 51.9 Å². The van der Waals surface area contributed by atoms with Crippen molar-refractivity contribution in [1.82, 2.24) is 20.4 Å². The average molecular weight is 545 g/mol. The van der Waals surface area contributed by atoms with Crippen LogP contribution in [0.1, 0.15) is 22.8 Å². The summed E-state index contributed by atoms with van der Waals surface area (Å²) in [6.07, 6.45) is -4.24. The van der Waals surface area contributed by atoms with Crippen LogP contribution < -0.4 is 10.6 Å². The molecule has 30 heavy (non-hydrogen) atoms. The number of carbonyl (C=O) groups is 1. The average Bonchev–Trinajstić information content (AvgIpc) is 2.69. The number of halogens is 5. The highest BCUT2D eigenvalue weighted by Crippen LogP contribution is 2.25. The van der Waals surface area contributed by atoms with Crippen LogP contribution >= 0.6 is 24.0 Å². The molecule has 170 valence electrons. The Labute approximate surface area is 191 Å². The van der Waals surface area contributed by atoms with Gasteiger partial charge in [0.05, 0.1) is 0 Å². The summed E-state index contributed by atoms with van der Waals surface area (Å²) in [5, 5.41) is 5.78. The molecule has 1 fully saturated rings. The van der Waals surface area contributed by atoms with Crippen LogP contribution in [0.5, 0.6) is 0 Å². The zero-order valence-corrected chi connectivity index (χ0v) is 19.6. The maximum Gasteiger partial charge on any atom is 0.403 e. The van der Waals surface area contributed by atoms with Gasteiger partial charge in [-0.1, -0.05) is 6.07 Å². The van der Waals surface area contributed by atoms with E-state index in [4.69, 9.17) is 0 Å². The number of carbonyl (C=O) groups excluding carboxylic acids is 1. The summed E-state index contributed by atoms with van der Waals surface area (Å²) in [4.78, 5) is 19.5. The lowest BCUT2D eigenvalue weighted by Crippen LogP contribution is -2.57. The fraction of sp³-hybridized carbons (Fsp3) is 0.579. The number of amides is 1. The summed E-state index contributed by atoms with van der Waals surface area (Å²) in [7, 11) is 1.60.